The summed E-state index contributed by atoms with van der Waals surface area (Å²) in [5.74, 6) is -1.11. The molecule has 0 amide bonds. The molecule has 380 valence electrons. The van der Waals surface area contributed by atoms with Crippen molar-refractivity contribution >= 4 is 62.9 Å². The number of aromatic amines is 2. The summed E-state index contributed by atoms with van der Waals surface area (Å²) in [5, 5.41) is 27.5. The number of carboxylic acid groups (broad SMARTS) is 1. The van der Waals surface area contributed by atoms with Crippen LogP contribution in [-0.2, 0) is 22.0 Å². The van der Waals surface area contributed by atoms with Crippen LogP contribution in [0, 0.1) is 46.9 Å². The lowest BCUT2D eigenvalue weighted by molar-refractivity contribution is -0.136. The minimum Gasteiger partial charge on any atom is -0.481 e. The molecule has 2 saturated carbocycles. The number of carboxylic acids is 1. The molecule has 8 N–H and O–H groups in total. The summed E-state index contributed by atoms with van der Waals surface area (Å²) in [7, 11) is 2.02. The van der Waals surface area contributed by atoms with Gasteiger partial charge in [-0.25, -0.2) is 37.5 Å². The fourth-order valence-electron chi connectivity index (χ4n) is 12.7. The van der Waals surface area contributed by atoms with Gasteiger partial charge in [0.25, 0.3) is 0 Å². The molecule has 16 nitrogen and oxygen atoms in total. The van der Waals surface area contributed by atoms with E-state index < -0.39 is 29.6 Å². The first-order valence-electron chi connectivity index (χ1n) is 24.6. The summed E-state index contributed by atoms with van der Waals surface area (Å²) in [5.41, 5.74) is 18.4. The maximum atomic E-state index is 14.7. The summed E-state index contributed by atoms with van der Waals surface area (Å²) in [4.78, 5) is 36.1. The first-order chi connectivity index (χ1) is 35.8. The SMILES string of the molecule is CC1Nc2ccc(-c3n[nH]c4nc(N5CC[C@@H]6[C@H](C5)[C@@]6(CN)c5ccccc5F)cnc34)c(Cl)c2N1C.NC[C@]1(c2ccccc2F)[C@@H]2CCN(c3cnc4c(-c5cc(F)c(CC(=O)O)c(F)c5)n[nH]c4n3)C[C@@H]21. The van der Waals surface area contributed by atoms with E-state index in [-0.39, 0.29) is 51.7 Å². The summed E-state index contributed by atoms with van der Waals surface area (Å²) in [6.07, 6.45) is 4.56. The molecule has 4 fully saturated rings. The number of carbonyl (C=O) groups is 1. The lowest BCUT2D eigenvalue weighted by Crippen LogP contribution is -2.32. The normalized spacial score (nSPS) is 24.5. The van der Waals surface area contributed by atoms with E-state index in [0.29, 0.717) is 82.4 Å². The van der Waals surface area contributed by atoms with Crippen LogP contribution in [0.3, 0.4) is 0 Å². The summed E-state index contributed by atoms with van der Waals surface area (Å²) >= 11 is 6.85. The molecule has 0 radical (unpaired) electrons. The Kier molecular flexibility index (Phi) is 11.5. The molecule has 4 aromatic carbocycles. The number of hydrogen-bond donors (Lipinski definition) is 6. The zero-order chi connectivity index (χ0) is 51.4. The first-order valence-corrected chi connectivity index (χ1v) is 25.0. The van der Waals surface area contributed by atoms with Gasteiger partial charge in [0.1, 0.15) is 57.3 Å². The van der Waals surface area contributed by atoms with Crippen molar-refractivity contribution in [2.45, 2.75) is 43.2 Å². The Morgan fingerprint density at radius 3 is 1.77 bits per heavy atom. The van der Waals surface area contributed by atoms with Gasteiger partial charge >= 0.3 is 5.97 Å². The number of nitrogens with two attached hydrogens (primary N) is 2. The van der Waals surface area contributed by atoms with E-state index >= 15 is 0 Å². The second-order valence-electron chi connectivity index (χ2n) is 20.1. The molecule has 13 rings (SSSR count). The lowest BCUT2D eigenvalue weighted by Gasteiger charge is -2.26. The van der Waals surface area contributed by atoms with Crippen LogP contribution in [-0.4, -0.2) is 104 Å². The summed E-state index contributed by atoms with van der Waals surface area (Å²) in [6, 6.07) is 19.9. The molecular formula is C53H51ClF4N14O2. The Morgan fingerprint density at radius 1 is 0.743 bits per heavy atom. The lowest BCUT2D eigenvalue weighted by atomic mass is 9.91. The van der Waals surface area contributed by atoms with Crippen molar-refractivity contribution in [3.8, 4) is 22.5 Å². The van der Waals surface area contributed by atoms with Gasteiger partial charge in [-0.3, -0.25) is 15.0 Å². The van der Waals surface area contributed by atoms with E-state index in [1.165, 1.54) is 12.1 Å². The Labute approximate surface area is 426 Å². The molecule has 4 aromatic heterocycles. The average Bonchev–Trinajstić information content (AvgIpc) is 4.09. The van der Waals surface area contributed by atoms with E-state index in [4.69, 9.17) is 38.1 Å². The van der Waals surface area contributed by atoms with Gasteiger partial charge in [0.2, 0.25) is 0 Å². The van der Waals surface area contributed by atoms with Crippen molar-refractivity contribution in [3.63, 3.8) is 0 Å². The number of H-pyrrole nitrogens is 2. The molecule has 74 heavy (non-hydrogen) atoms. The number of piperidine rings is 2. The van der Waals surface area contributed by atoms with Gasteiger partial charge in [-0.2, -0.15) is 10.2 Å². The van der Waals surface area contributed by atoms with Crippen molar-refractivity contribution in [1.29, 1.82) is 0 Å². The average molecular weight is 1030 g/mol. The molecule has 21 heteroatoms. The number of nitrogens with zero attached hydrogens (tertiary/aromatic N) is 9. The number of hydrogen-bond acceptors (Lipinski definition) is 13. The van der Waals surface area contributed by atoms with Gasteiger partial charge in [0.15, 0.2) is 11.3 Å². The molecule has 2 aliphatic carbocycles. The highest BCUT2D eigenvalue weighted by Crippen LogP contribution is 2.64. The highest BCUT2D eigenvalue weighted by Gasteiger charge is 2.67. The quantitative estimate of drug-likeness (QED) is 0.0721. The zero-order valence-electron chi connectivity index (χ0n) is 40.3. The topological polar surface area (TPSA) is 220 Å². The zero-order valence-corrected chi connectivity index (χ0v) is 41.0. The van der Waals surface area contributed by atoms with Crippen LogP contribution in [0.25, 0.3) is 44.8 Å². The van der Waals surface area contributed by atoms with Gasteiger partial charge in [0, 0.05) is 73.8 Å². The maximum Gasteiger partial charge on any atom is 0.308 e. The smallest absolute Gasteiger partial charge is 0.308 e. The standard InChI is InChI=1S/C27H28ClFN8.C26H23F3N6O2/c1-14-32-20-8-7-15(22(28)25(20)36(14)2)23-24-26(35-34-23)33-21(11-31-24)37-10-9-16-18(12-37)27(16,13-30)17-5-3-4-6-19(17)29;27-18-4-2-1-3-16(18)26(12-30)15-5-6-35(11-17(15)26)21-10-31-24-23(33-34-25(24)32-21)13-7-19(28)14(9-22(36)37)20(29)8-13/h3-8,11,14,16,18,32H,9-10,12-13,30H2,1-2H3,(H,33,34,35);1-4,7-8,10,15,17H,5-6,9,11-12,30H2,(H,36,37)(H,32,33,34)/t14?,16-,18+,27-;15-,17+,26-/m11/s1. The van der Waals surface area contributed by atoms with Crippen molar-refractivity contribution < 1.29 is 27.5 Å². The molecule has 5 aliphatic rings. The van der Waals surface area contributed by atoms with Gasteiger partial charge < -0.3 is 36.6 Å². The molecule has 7 atom stereocenters. The third kappa shape index (κ3) is 7.42. The van der Waals surface area contributed by atoms with Crippen LogP contribution >= 0.6 is 11.6 Å². The van der Waals surface area contributed by atoms with Gasteiger partial charge in [-0.1, -0.05) is 48.0 Å². The molecule has 0 spiro atoms. The highest BCUT2D eigenvalue weighted by atomic mass is 35.5. The monoisotopic (exact) mass is 1030 g/mol. The van der Waals surface area contributed by atoms with E-state index in [1.54, 1.807) is 24.5 Å². The minimum absolute atomic E-state index is 0.119. The van der Waals surface area contributed by atoms with Crippen molar-refractivity contribution in [3.05, 3.63) is 130 Å². The molecule has 1 unspecified atom stereocenters. The number of aliphatic carboxylic acids is 1. The number of rotatable bonds is 10. The molecular weight excluding hydrogens is 976 g/mol. The molecule has 2 saturated heterocycles. The predicted molar refractivity (Wildman–Crippen MR) is 274 cm³/mol. The Bertz CT molecular complexity index is 3520. The summed E-state index contributed by atoms with van der Waals surface area (Å²) in [6.45, 7) is 5.85. The third-order valence-corrected chi connectivity index (χ3v) is 17.0. The van der Waals surface area contributed by atoms with Gasteiger partial charge in [-0.05, 0) is 91.0 Å². The number of nitrogens with one attached hydrogen (secondary N) is 3. The Morgan fingerprint density at radius 2 is 1.26 bits per heavy atom. The van der Waals surface area contributed by atoms with Crippen molar-refractivity contribution in [2.24, 2.45) is 35.1 Å². The molecule has 7 heterocycles. The van der Waals surface area contributed by atoms with E-state index in [2.05, 4.69) is 57.3 Å². The van der Waals surface area contributed by atoms with Crippen LogP contribution in [0.2, 0.25) is 5.02 Å². The molecule has 3 aliphatic heterocycles. The van der Waals surface area contributed by atoms with Crippen molar-refractivity contribution in [1.82, 2.24) is 40.3 Å². The fraction of sp³-hybridized carbons (Fsp3) is 0.340. The Balaban J connectivity index is 0.000000150. The van der Waals surface area contributed by atoms with Crippen LogP contribution in [0.1, 0.15) is 36.5 Å². The summed E-state index contributed by atoms with van der Waals surface area (Å²) < 4.78 is 58.2. The number of halogens is 5. The molecule has 0 bridgehead atoms. The number of aromatic nitrogens is 8. The van der Waals surface area contributed by atoms with Crippen LogP contribution in [0.5, 0.6) is 0 Å². The van der Waals surface area contributed by atoms with Gasteiger partial charge in [0.05, 0.1) is 41.4 Å². The second kappa shape index (κ2) is 17.9. The number of fused-ring (bicyclic) bond motifs is 5. The predicted octanol–water partition coefficient (Wildman–Crippen LogP) is 7.79. The molecule has 8 aromatic rings. The van der Waals surface area contributed by atoms with Crippen LogP contribution < -0.4 is 31.5 Å². The number of anilines is 4. The van der Waals surface area contributed by atoms with Crippen LogP contribution in [0.4, 0.5) is 40.6 Å². The number of benzene rings is 4. The van der Waals surface area contributed by atoms with E-state index in [0.717, 1.165) is 66.4 Å². The van der Waals surface area contributed by atoms with Crippen LogP contribution in [0.15, 0.2) is 85.2 Å². The second-order valence-corrected chi connectivity index (χ2v) is 20.5. The Hall–Kier alpha value is -7.42. The van der Waals surface area contributed by atoms with Gasteiger partial charge in [-0.15, -0.1) is 0 Å². The largest absolute Gasteiger partial charge is 0.481 e. The fourth-order valence-corrected chi connectivity index (χ4v) is 13.1. The maximum absolute atomic E-state index is 14.7. The third-order valence-electron chi connectivity index (χ3n) is 16.7. The van der Waals surface area contributed by atoms with Crippen molar-refractivity contribution in [2.75, 3.05) is 66.3 Å². The highest BCUT2D eigenvalue weighted by molar-refractivity contribution is 6.37. The van der Waals surface area contributed by atoms with E-state index in [1.807, 2.05) is 43.4 Å². The van der Waals surface area contributed by atoms with E-state index in [9.17, 15) is 22.4 Å². The first kappa shape index (κ1) is 47.6. The minimum atomic E-state index is -1.33.